The van der Waals surface area contributed by atoms with Gasteiger partial charge in [-0.05, 0) is 42.2 Å². The molecule has 0 fully saturated rings. The second kappa shape index (κ2) is 5.32. The predicted octanol–water partition coefficient (Wildman–Crippen LogP) is 2.36. The number of carboxylic acids is 1. The van der Waals surface area contributed by atoms with Crippen LogP contribution in [0.5, 0.6) is 0 Å². The summed E-state index contributed by atoms with van der Waals surface area (Å²) in [7, 11) is 0. The number of halogens is 1. The molecule has 2 rings (SSSR count). The van der Waals surface area contributed by atoms with Gasteiger partial charge >= 0.3 is 12.1 Å². The summed E-state index contributed by atoms with van der Waals surface area (Å²) in [6.45, 7) is 1.78. The van der Waals surface area contributed by atoms with E-state index in [9.17, 15) is 19.1 Å². The molecule has 1 amide bonds. The Kier molecular flexibility index (Phi) is 3.74. The van der Waals surface area contributed by atoms with E-state index < -0.39 is 12.1 Å². The first-order valence-electron chi connectivity index (χ1n) is 6.10. The fourth-order valence-electron chi connectivity index (χ4n) is 2.39. The lowest BCUT2D eigenvalue weighted by Gasteiger charge is -2.27. The van der Waals surface area contributed by atoms with Gasteiger partial charge in [0.15, 0.2) is 0 Å². The fraction of sp³-hybridized carbons (Fsp3) is 0.286. The molecule has 0 saturated heterocycles. The highest BCUT2D eigenvalue weighted by atomic mass is 19.1. The number of benzene rings is 1. The second-order valence-electron chi connectivity index (χ2n) is 4.68. The molecular weight excluding hydrogens is 265 g/mol. The normalized spacial score (nSPS) is 15.4. The Morgan fingerprint density at radius 3 is 2.55 bits per heavy atom. The predicted molar refractivity (Wildman–Crippen MR) is 69.9 cm³/mol. The van der Waals surface area contributed by atoms with Gasteiger partial charge in [0, 0.05) is 6.54 Å². The number of hydrogen-bond acceptors (Lipinski definition) is 2. The van der Waals surface area contributed by atoms with Crippen LogP contribution in [0.2, 0.25) is 0 Å². The van der Waals surface area contributed by atoms with Gasteiger partial charge in [0.05, 0.1) is 12.1 Å². The Bertz CT molecular complexity index is 609. The molecule has 5 nitrogen and oxygen atoms in total. The van der Waals surface area contributed by atoms with Gasteiger partial charge in [-0.15, -0.1) is 0 Å². The van der Waals surface area contributed by atoms with Crippen molar-refractivity contribution in [2.24, 2.45) is 0 Å². The summed E-state index contributed by atoms with van der Waals surface area (Å²) in [6, 6.07) is 4.16. The molecule has 2 N–H and O–H groups in total. The lowest BCUT2D eigenvalue weighted by Crippen LogP contribution is -2.37. The maximum absolute atomic E-state index is 13.1. The summed E-state index contributed by atoms with van der Waals surface area (Å²) in [5.74, 6) is -1.53. The maximum atomic E-state index is 13.1. The van der Waals surface area contributed by atoms with Crippen LogP contribution in [-0.2, 0) is 4.79 Å². The van der Waals surface area contributed by atoms with Crippen molar-refractivity contribution in [3.05, 3.63) is 40.7 Å². The third-order valence-corrected chi connectivity index (χ3v) is 3.39. The molecule has 1 heterocycles. The molecule has 1 aliphatic heterocycles. The van der Waals surface area contributed by atoms with E-state index in [-0.39, 0.29) is 24.5 Å². The van der Waals surface area contributed by atoms with Crippen molar-refractivity contribution in [1.82, 2.24) is 4.90 Å². The average molecular weight is 279 g/mol. The number of carbonyl (C=O) groups is 2. The van der Waals surface area contributed by atoms with Crippen LogP contribution < -0.4 is 0 Å². The number of nitrogens with zero attached hydrogens (tertiary/aromatic N) is 1. The smallest absolute Gasteiger partial charge is 0.407 e. The Hall–Kier alpha value is -2.37. The van der Waals surface area contributed by atoms with Crippen LogP contribution in [0.15, 0.2) is 23.8 Å². The minimum absolute atomic E-state index is 0.0494. The number of hydrogen-bond donors (Lipinski definition) is 2. The Balaban J connectivity index is 2.48. The van der Waals surface area contributed by atoms with E-state index in [1.807, 2.05) is 0 Å². The van der Waals surface area contributed by atoms with Crippen LogP contribution >= 0.6 is 0 Å². The molecule has 20 heavy (non-hydrogen) atoms. The zero-order chi connectivity index (χ0) is 14.9. The Labute approximate surface area is 114 Å². The first-order chi connectivity index (χ1) is 9.40. The first-order valence-corrected chi connectivity index (χ1v) is 6.10. The topological polar surface area (TPSA) is 77.8 Å². The van der Waals surface area contributed by atoms with Gasteiger partial charge in [0.2, 0.25) is 0 Å². The second-order valence-corrected chi connectivity index (χ2v) is 4.68. The van der Waals surface area contributed by atoms with E-state index in [4.69, 9.17) is 5.11 Å². The van der Waals surface area contributed by atoms with E-state index >= 15 is 0 Å². The van der Waals surface area contributed by atoms with Crippen molar-refractivity contribution in [2.45, 2.75) is 13.3 Å². The molecule has 0 aliphatic carbocycles. The van der Waals surface area contributed by atoms with Crippen molar-refractivity contribution in [3.8, 4) is 0 Å². The van der Waals surface area contributed by atoms with Gasteiger partial charge in [0.25, 0.3) is 0 Å². The molecule has 1 aromatic rings. The summed E-state index contributed by atoms with van der Waals surface area (Å²) < 4.78 is 13.1. The molecule has 0 spiro atoms. The van der Waals surface area contributed by atoms with Gasteiger partial charge in [-0.25, -0.2) is 14.0 Å². The van der Waals surface area contributed by atoms with Crippen LogP contribution in [0.3, 0.4) is 0 Å². The van der Waals surface area contributed by atoms with Crippen molar-refractivity contribution in [1.29, 1.82) is 0 Å². The summed E-state index contributed by atoms with van der Waals surface area (Å²) in [5, 5.41) is 18.2. The van der Waals surface area contributed by atoms with Crippen molar-refractivity contribution >= 4 is 17.6 Å². The highest BCUT2D eigenvalue weighted by Crippen LogP contribution is 2.30. The SMILES string of the molecule is Cc1cc(F)ccc1C1=C(C(=O)O)CN(C(=O)O)CC1. The molecular formula is C14H14FNO4. The Morgan fingerprint density at radius 2 is 2.00 bits per heavy atom. The van der Waals surface area contributed by atoms with Crippen molar-refractivity contribution < 1.29 is 24.2 Å². The van der Waals surface area contributed by atoms with Gasteiger partial charge in [-0.1, -0.05) is 6.07 Å². The van der Waals surface area contributed by atoms with Crippen molar-refractivity contribution in [2.75, 3.05) is 13.1 Å². The Morgan fingerprint density at radius 1 is 1.30 bits per heavy atom. The minimum Gasteiger partial charge on any atom is -0.478 e. The van der Waals surface area contributed by atoms with Crippen LogP contribution in [0.25, 0.3) is 5.57 Å². The highest BCUT2D eigenvalue weighted by Gasteiger charge is 2.27. The molecule has 1 aromatic carbocycles. The van der Waals surface area contributed by atoms with Crippen LogP contribution in [0.1, 0.15) is 17.5 Å². The lowest BCUT2D eigenvalue weighted by molar-refractivity contribution is -0.132. The van der Waals surface area contributed by atoms with Crippen molar-refractivity contribution in [3.63, 3.8) is 0 Å². The lowest BCUT2D eigenvalue weighted by atomic mass is 9.91. The zero-order valence-electron chi connectivity index (χ0n) is 10.9. The average Bonchev–Trinajstić information content (AvgIpc) is 2.38. The summed E-state index contributed by atoms with van der Waals surface area (Å²) in [4.78, 5) is 23.3. The minimum atomic E-state index is -1.14. The van der Waals surface area contributed by atoms with Crippen LogP contribution in [0, 0.1) is 12.7 Å². The monoisotopic (exact) mass is 279 g/mol. The number of amides is 1. The largest absolute Gasteiger partial charge is 0.478 e. The quantitative estimate of drug-likeness (QED) is 0.871. The summed E-state index contributed by atoms with van der Waals surface area (Å²) in [5.41, 5.74) is 1.93. The van der Waals surface area contributed by atoms with Gasteiger partial charge in [0.1, 0.15) is 5.82 Å². The van der Waals surface area contributed by atoms with E-state index in [2.05, 4.69) is 0 Å². The van der Waals surface area contributed by atoms with Crippen LogP contribution in [-0.4, -0.2) is 40.3 Å². The summed E-state index contributed by atoms with van der Waals surface area (Å²) in [6.07, 6.45) is -0.834. The molecule has 1 aliphatic rings. The summed E-state index contributed by atoms with van der Waals surface area (Å²) >= 11 is 0. The third kappa shape index (κ3) is 2.64. The highest BCUT2D eigenvalue weighted by molar-refractivity contribution is 5.98. The number of rotatable bonds is 2. The molecule has 106 valence electrons. The fourth-order valence-corrected chi connectivity index (χ4v) is 2.39. The van der Waals surface area contributed by atoms with Crippen LogP contribution in [0.4, 0.5) is 9.18 Å². The van der Waals surface area contributed by atoms with E-state index in [1.54, 1.807) is 13.0 Å². The maximum Gasteiger partial charge on any atom is 0.407 e. The molecule has 0 aromatic heterocycles. The number of aliphatic carboxylic acids is 1. The number of carboxylic acid groups (broad SMARTS) is 2. The molecule has 0 atom stereocenters. The van der Waals surface area contributed by atoms with Gasteiger partial charge in [-0.3, -0.25) is 0 Å². The standard InChI is InChI=1S/C14H14FNO4/c1-8-6-9(15)2-3-10(8)11-4-5-16(14(19)20)7-12(11)13(17)18/h2-3,6H,4-5,7H2,1H3,(H,17,18)(H,19,20). The molecule has 0 bridgehead atoms. The number of aryl methyl sites for hydroxylation is 1. The van der Waals surface area contributed by atoms with E-state index in [0.29, 0.717) is 23.1 Å². The van der Waals surface area contributed by atoms with E-state index in [1.165, 1.54) is 12.1 Å². The molecule has 6 heteroatoms. The first kappa shape index (κ1) is 14.0. The third-order valence-electron chi connectivity index (χ3n) is 3.39. The molecule has 0 radical (unpaired) electrons. The molecule has 0 unspecified atom stereocenters. The zero-order valence-corrected chi connectivity index (χ0v) is 10.9. The van der Waals surface area contributed by atoms with Gasteiger partial charge in [-0.2, -0.15) is 0 Å². The molecule has 0 saturated carbocycles. The van der Waals surface area contributed by atoms with Gasteiger partial charge < -0.3 is 15.1 Å². The van der Waals surface area contributed by atoms with E-state index in [0.717, 1.165) is 4.90 Å².